The molecular formula is C16H17O3S-. The number of benzene rings is 2. The Morgan fingerprint density at radius 3 is 2.20 bits per heavy atom. The van der Waals surface area contributed by atoms with Crippen LogP contribution < -0.4 is 4.74 Å². The summed E-state index contributed by atoms with van der Waals surface area (Å²) in [7, 11) is 0. The summed E-state index contributed by atoms with van der Waals surface area (Å²) >= 11 is -2.05. The van der Waals surface area contributed by atoms with Crippen molar-refractivity contribution < 1.29 is 13.5 Å². The molecule has 1 atom stereocenters. The third-order valence-corrected chi connectivity index (χ3v) is 3.56. The molecule has 1 unspecified atom stereocenters. The molecule has 0 saturated heterocycles. The van der Waals surface area contributed by atoms with E-state index < -0.39 is 11.1 Å². The van der Waals surface area contributed by atoms with Gasteiger partial charge in [0.2, 0.25) is 0 Å². The molecule has 0 spiro atoms. The quantitative estimate of drug-likeness (QED) is 0.768. The highest BCUT2D eigenvalue weighted by Gasteiger charge is 1.97. The van der Waals surface area contributed by atoms with Crippen LogP contribution in [0.1, 0.15) is 16.7 Å². The van der Waals surface area contributed by atoms with Crippen molar-refractivity contribution in [2.24, 2.45) is 0 Å². The molecule has 0 fully saturated rings. The third-order valence-electron chi connectivity index (χ3n) is 2.99. The standard InChI is InChI=1S/C16H18O3S/c1-13-2-4-14(5-3-13)10-11-19-16-8-6-15(7-9-16)12-20(17)18/h2-9H,10-12H2,1H3,(H,17,18)/p-1. The first-order valence-corrected chi connectivity index (χ1v) is 7.71. The number of aryl methyl sites for hydroxylation is 1. The normalized spacial score (nSPS) is 12.1. The van der Waals surface area contributed by atoms with Gasteiger partial charge in [-0.15, -0.1) is 0 Å². The van der Waals surface area contributed by atoms with E-state index in [9.17, 15) is 8.76 Å². The van der Waals surface area contributed by atoms with Crippen molar-refractivity contribution in [3.05, 3.63) is 65.2 Å². The summed E-state index contributed by atoms with van der Waals surface area (Å²) in [4.78, 5) is 0. The molecule has 2 aromatic rings. The van der Waals surface area contributed by atoms with Crippen LogP contribution in [0.25, 0.3) is 0 Å². The minimum atomic E-state index is -2.05. The summed E-state index contributed by atoms with van der Waals surface area (Å²) in [6.07, 6.45) is 0.854. The van der Waals surface area contributed by atoms with Gasteiger partial charge in [0.15, 0.2) is 0 Å². The van der Waals surface area contributed by atoms with Crippen molar-refractivity contribution in [2.45, 2.75) is 19.1 Å². The molecule has 0 N–H and O–H groups in total. The first-order valence-electron chi connectivity index (χ1n) is 6.46. The van der Waals surface area contributed by atoms with E-state index in [1.54, 1.807) is 24.3 Å². The number of ether oxygens (including phenoxy) is 1. The van der Waals surface area contributed by atoms with Crippen LogP contribution >= 0.6 is 0 Å². The van der Waals surface area contributed by atoms with Gasteiger partial charge in [-0.3, -0.25) is 4.21 Å². The maximum absolute atomic E-state index is 10.6. The van der Waals surface area contributed by atoms with Crippen molar-refractivity contribution in [3.8, 4) is 5.75 Å². The molecule has 0 aliphatic carbocycles. The van der Waals surface area contributed by atoms with E-state index in [4.69, 9.17) is 4.74 Å². The van der Waals surface area contributed by atoms with Crippen LogP contribution in [0.15, 0.2) is 48.5 Å². The van der Waals surface area contributed by atoms with Crippen LogP contribution in [0.5, 0.6) is 5.75 Å². The monoisotopic (exact) mass is 289 g/mol. The Morgan fingerprint density at radius 1 is 1.00 bits per heavy atom. The van der Waals surface area contributed by atoms with Crippen LogP contribution in [-0.4, -0.2) is 15.4 Å². The topological polar surface area (TPSA) is 49.4 Å². The van der Waals surface area contributed by atoms with Crippen LogP contribution in [0, 0.1) is 6.92 Å². The Morgan fingerprint density at radius 2 is 1.60 bits per heavy atom. The van der Waals surface area contributed by atoms with Gasteiger partial charge in [0.05, 0.1) is 6.61 Å². The molecule has 0 heterocycles. The van der Waals surface area contributed by atoms with E-state index >= 15 is 0 Å². The maximum atomic E-state index is 10.6. The molecule has 0 aliphatic rings. The maximum Gasteiger partial charge on any atom is 0.119 e. The highest BCUT2D eigenvalue weighted by atomic mass is 32.2. The Labute approximate surface area is 121 Å². The fraction of sp³-hybridized carbons (Fsp3) is 0.250. The fourth-order valence-electron chi connectivity index (χ4n) is 1.86. The van der Waals surface area contributed by atoms with Crippen LogP contribution in [0.3, 0.4) is 0 Å². The molecule has 0 saturated carbocycles. The number of rotatable bonds is 6. The lowest BCUT2D eigenvalue weighted by atomic mass is 10.1. The van der Waals surface area contributed by atoms with Gasteiger partial charge in [0.1, 0.15) is 5.75 Å². The Balaban J connectivity index is 1.82. The van der Waals surface area contributed by atoms with Gasteiger partial charge >= 0.3 is 0 Å². The van der Waals surface area contributed by atoms with Crippen molar-refractivity contribution in [1.82, 2.24) is 0 Å². The molecule has 3 nitrogen and oxygen atoms in total. The van der Waals surface area contributed by atoms with E-state index in [0.29, 0.717) is 6.61 Å². The van der Waals surface area contributed by atoms with E-state index in [0.717, 1.165) is 17.7 Å². The first-order chi connectivity index (χ1) is 9.63. The molecule has 0 aliphatic heterocycles. The minimum absolute atomic E-state index is 0.0453. The van der Waals surface area contributed by atoms with Crippen LogP contribution in [0.4, 0.5) is 0 Å². The lowest BCUT2D eigenvalue weighted by Crippen LogP contribution is -2.01. The second kappa shape index (κ2) is 7.22. The highest BCUT2D eigenvalue weighted by molar-refractivity contribution is 7.78. The van der Waals surface area contributed by atoms with Gasteiger partial charge in [-0.2, -0.15) is 0 Å². The van der Waals surface area contributed by atoms with Gasteiger partial charge in [-0.05, 0) is 30.2 Å². The van der Waals surface area contributed by atoms with Crippen molar-refractivity contribution in [2.75, 3.05) is 6.61 Å². The summed E-state index contributed by atoms with van der Waals surface area (Å²) in [5.41, 5.74) is 3.26. The zero-order valence-corrected chi connectivity index (χ0v) is 12.2. The summed E-state index contributed by atoms with van der Waals surface area (Å²) in [6, 6.07) is 15.5. The van der Waals surface area contributed by atoms with Gasteiger partial charge in [0, 0.05) is 12.2 Å². The predicted molar refractivity (Wildman–Crippen MR) is 79.4 cm³/mol. The largest absolute Gasteiger partial charge is 0.772 e. The third kappa shape index (κ3) is 4.79. The zero-order valence-electron chi connectivity index (χ0n) is 11.4. The molecule has 2 rings (SSSR count). The Kier molecular flexibility index (Phi) is 5.32. The molecule has 20 heavy (non-hydrogen) atoms. The zero-order chi connectivity index (χ0) is 14.4. The molecule has 106 valence electrons. The Bertz CT molecular complexity index is 561. The average molecular weight is 289 g/mol. The summed E-state index contributed by atoms with van der Waals surface area (Å²) in [5, 5.41) is 0. The average Bonchev–Trinajstić information content (AvgIpc) is 2.42. The SMILES string of the molecule is Cc1ccc(CCOc2ccc(CS(=O)[O-])cc2)cc1. The summed E-state index contributed by atoms with van der Waals surface area (Å²) in [5.74, 6) is 0.807. The van der Waals surface area contributed by atoms with Crippen molar-refractivity contribution in [3.63, 3.8) is 0 Å². The second-order valence-electron chi connectivity index (χ2n) is 4.68. The van der Waals surface area contributed by atoms with Crippen LogP contribution in [-0.2, 0) is 23.3 Å². The molecule has 0 radical (unpaired) electrons. The fourth-order valence-corrected chi connectivity index (χ4v) is 2.32. The number of hydrogen-bond donors (Lipinski definition) is 0. The molecule has 4 heteroatoms. The predicted octanol–water partition coefficient (Wildman–Crippen LogP) is 3.00. The van der Waals surface area contributed by atoms with Crippen molar-refractivity contribution in [1.29, 1.82) is 0 Å². The minimum Gasteiger partial charge on any atom is -0.772 e. The molecule has 0 bridgehead atoms. The molecule has 0 aromatic heterocycles. The van der Waals surface area contributed by atoms with Gasteiger partial charge in [0.25, 0.3) is 0 Å². The summed E-state index contributed by atoms with van der Waals surface area (Å²) in [6.45, 7) is 2.67. The molecular weight excluding hydrogens is 272 g/mol. The van der Waals surface area contributed by atoms with E-state index in [2.05, 4.69) is 31.2 Å². The number of hydrogen-bond acceptors (Lipinski definition) is 3. The molecule has 0 amide bonds. The lowest BCUT2D eigenvalue weighted by molar-refractivity contribution is 0.322. The lowest BCUT2D eigenvalue weighted by Gasteiger charge is -2.08. The Hall–Kier alpha value is -1.65. The molecule has 2 aromatic carbocycles. The van der Waals surface area contributed by atoms with Gasteiger partial charge in [-0.25, -0.2) is 0 Å². The van der Waals surface area contributed by atoms with E-state index in [1.165, 1.54) is 11.1 Å². The van der Waals surface area contributed by atoms with Gasteiger partial charge < -0.3 is 9.29 Å². The summed E-state index contributed by atoms with van der Waals surface area (Å²) < 4.78 is 26.8. The van der Waals surface area contributed by atoms with E-state index in [1.807, 2.05) is 0 Å². The van der Waals surface area contributed by atoms with Crippen molar-refractivity contribution >= 4 is 11.1 Å². The second-order valence-corrected chi connectivity index (χ2v) is 5.57. The van der Waals surface area contributed by atoms with E-state index in [-0.39, 0.29) is 5.75 Å². The van der Waals surface area contributed by atoms with Crippen LogP contribution in [0.2, 0.25) is 0 Å². The first kappa shape index (κ1) is 14.8. The van der Waals surface area contributed by atoms with Gasteiger partial charge in [-0.1, -0.05) is 53.0 Å². The highest BCUT2D eigenvalue weighted by Crippen LogP contribution is 2.14. The smallest absolute Gasteiger partial charge is 0.119 e.